The summed E-state index contributed by atoms with van der Waals surface area (Å²) in [5, 5.41) is 3.15. The van der Waals surface area contributed by atoms with Crippen LogP contribution in [0.15, 0.2) is 22.7 Å². The number of esters is 1. The maximum absolute atomic E-state index is 11.6. The Labute approximate surface area is 143 Å². The highest BCUT2D eigenvalue weighted by atomic mass is 79.9. The maximum Gasteiger partial charge on any atom is 0.344 e. The zero-order chi connectivity index (χ0) is 16.8. The molecule has 0 fully saturated rings. The van der Waals surface area contributed by atoms with Crippen molar-refractivity contribution in [2.24, 2.45) is 0 Å². The van der Waals surface area contributed by atoms with Crippen LogP contribution in [0.2, 0.25) is 5.02 Å². The molecule has 0 bridgehead atoms. The zero-order valence-electron chi connectivity index (χ0n) is 12.7. The van der Waals surface area contributed by atoms with Crippen LogP contribution in [-0.2, 0) is 14.3 Å². The Morgan fingerprint density at radius 3 is 2.59 bits per heavy atom. The SMILES string of the molecule is CCC(C)(C)NC(=O)COC(=O)COc1ccc(Br)cc1Cl. The van der Waals surface area contributed by atoms with Crippen molar-refractivity contribution in [1.29, 1.82) is 0 Å². The smallest absolute Gasteiger partial charge is 0.344 e. The van der Waals surface area contributed by atoms with Crippen LogP contribution in [0.25, 0.3) is 0 Å². The van der Waals surface area contributed by atoms with Crippen molar-refractivity contribution in [3.05, 3.63) is 27.7 Å². The molecule has 5 nitrogen and oxygen atoms in total. The van der Waals surface area contributed by atoms with Crippen LogP contribution in [0.1, 0.15) is 27.2 Å². The summed E-state index contributed by atoms with van der Waals surface area (Å²) in [6.07, 6.45) is 0.776. The van der Waals surface area contributed by atoms with Gasteiger partial charge in [-0.1, -0.05) is 34.5 Å². The molecule has 1 aromatic carbocycles. The van der Waals surface area contributed by atoms with E-state index in [-0.39, 0.29) is 24.7 Å². The Morgan fingerprint density at radius 2 is 2.00 bits per heavy atom. The van der Waals surface area contributed by atoms with Crippen LogP contribution in [0.5, 0.6) is 5.75 Å². The highest BCUT2D eigenvalue weighted by molar-refractivity contribution is 9.10. The van der Waals surface area contributed by atoms with Gasteiger partial charge in [0.15, 0.2) is 13.2 Å². The standard InChI is InChI=1S/C15H19BrClNO4/c1-4-15(2,3)18-13(19)8-22-14(20)9-21-12-6-5-10(16)7-11(12)17/h5-7H,4,8-9H2,1-3H3,(H,18,19). The lowest BCUT2D eigenvalue weighted by molar-refractivity contribution is -0.150. The van der Waals surface area contributed by atoms with Gasteiger partial charge >= 0.3 is 5.97 Å². The van der Waals surface area contributed by atoms with E-state index in [9.17, 15) is 9.59 Å². The second-order valence-corrected chi connectivity index (χ2v) is 6.63. The Balaban J connectivity index is 2.36. The van der Waals surface area contributed by atoms with Gasteiger partial charge in [0, 0.05) is 10.0 Å². The average molecular weight is 393 g/mol. The fourth-order valence-corrected chi connectivity index (χ4v) is 2.15. The van der Waals surface area contributed by atoms with Gasteiger partial charge in [0.05, 0.1) is 5.02 Å². The Kier molecular flexibility index (Phi) is 7.16. The van der Waals surface area contributed by atoms with E-state index in [4.69, 9.17) is 21.1 Å². The predicted molar refractivity (Wildman–Crippen MR) is 88.1 cm³/mol. The number of hydrogen-bond donors (Lipinski definition) is 1. The zero-order valence-corrected chi connectivity index (χ0v) is 15.1. The van der Waals surface area contributed by atoms with Crippen molar-refractivity contribution in [3.8, 4) is 5.75 Å². The lowest BCUT2D eigenvalue weighted by atomic mass is 10.0. The molecule has 0 spiro atoms. The van der Waals surface area contributed by atoms with Gasteiger partial charge in [0.25, 0.3) is 5.91 Å². The highest BCUT2D eigenvalue weighted by Gasteiger charge is 2.18. The molecule has 0 unspecified atom stereocenters. The molecule has 0 saturated carbocycles. The summed E-state index contributed by atoms with van der Waals surface area (Å²) in [5.41, 5.74) is -0.328. The predicted octanol–water partition coefficient (Wildman–Crippen LogP) is 3.33. The summed E-state index contributed by atoms with van der Waals surface area (Å²) in [5.74, 6) is -0.608. The van der Waals surface area contributed by atoms with Crippen molar-refractivity contribution in [1.82, 2.24) is 5.32 Å². The number of nitrogens with one attached hydrogen (secondary N) is 1. The maximum atomic E-state index is 11.6. The molecule has 7 heteroatoms. The molecule has 1 aromatic rings. The second-order valence-electron chi connectivity index (χ2n) is 5.31. The van der Waals surface area contributed by atoms with Crippen LogP contribution in [0, 0.1) is 0 Å². The average Bonchev–Trinajstić information content (AvgIpc) is 2.43. The summed E-state index contributed by atoms with van der Waals surface area (Å²) in [6.45, 7) is 5.10. The third-order valence-corrected chi connectivity index (χ3v) is 3.75. The number of rotatable bonds is 7. The van der Waals surface area contributed by atoms with Crippen molar-refractivity contribution < 1.29 is 19.1 Å². The number of hydrogen-bond acceptors (Lipinski definition) is 4. The molecule has 0 radical (unpaired) electrons. The molecule has 22 heavy (non-hydrogen) atoms. The third-order valence-electron chi connectivity index (χ3n) is 2.97. The number of halogens is 2. The van der Waals surface area contributed by atoms with Crippen molar-refractivity contribution in [2.45, 2.75) is 32.7 Å². The first-order chi connectivity index (χ1) is 10.2. The van der Waals surface area contributed by atoms with E-state index in [1.165, 1.54) is 0 Å². The lowest BCUT2D eigenvalue weighted by Crippen LogP contribution is -2.44. The molecule has 0 saturated heterocycles. The second kappa shape index (κ2) is 8.39. The molecule has 1 rings (SSSR count). The van der Waals surface area contributed by atoms with Gasteiger partial charge in [0.1, 0.15) is 5.75 Å². The van der Waals surface area contributed by atoms with Gasteiger partial charge in [-0.3, -0.25) is 4.79 Å². The molecule has 122 valence electrons. The first-order valence-corrected chi connectivity index (χ1v) is 7.95. The van der Waals surface area contributed by atoms with E-state index in [1.807, 2.05) is 20.8 Å². The largest absolute Gasteiger partial charge is 0.480 e. The van der Waals surface area contributed by atoms with E-state index in [0.717, 1.165) is 10.9 Å². The first kappa shape index (κ1) is 18.8. The molecule has 0 aliphatic rings. The summed E-state index contributed by atoms with van der Waals surface area (Å²) < 4.78 is 10.9. The van der Waals surface area contributed by atoms with Gasteiger partial charge < -0.3 is 14.8 Å². The number of carbonyl (C=O) groups excluding carboxylic acids is 2. The van der Waals surface area contributed by atoms with E-state index >= 15 is 0 Å². The van der Waals surface area contributed by atoms with Crippen LogP contribution >= 0.6 is 27.5 Å². The van der Waals surface area contributed by atoms with Gasteiger partial charge in [-0.15, -0.1) is 0 Å². The molecule has 0 aromatic heterocycles. The molecule has 1 N–H and O–H groups in total. The van der Waals surface area contributed by atoms with Crippen molar-refractivity contribution >= 4 is 39.4 Å². The van der Waals surface area contributed by atoms with Gasteiger partial charge in [-0.2, -0.15) is 0 Å². The van der Waals surface area contributed by atoms with E-state index in [1.54, 1.807) is 18.2 Å². The Hall–Kier alpha value is -1.27. The van der Waals surface area contributed by atoms with Crippen LogP contribution in [0.3, 0.4) is 0 Å². The molecule has 1 amide bonds. The van der Waals surface area contributed by atoms with E-state index in [2.05, 4.69) is 21.2 Å². The number of carbonyl (C=O) groups is 2. The van der Waals surface area contributed by atoms with Crippen LogP contribution in [0.4, 0.5) is 0 Å². The molecule has 0 heterocycles. The number of benzene rings is 1. The monoisotopic (exact) mass is 391 g/mol. The molecular formula is C15H19BrClNO4. The van der Waals surface area contributed by atoms with E-state index < -0.39 is 5.97 Å². The minimum absolute atomic E-state index is 0.314. The minimum Gasteiger partial charge on any atom is -0.480 e. The van der Waals surface area contributed by atoms with E-state index in [0.29, 0.717) is 10.8 Å². The third kappa shape index (κ3) is 6.66. The minimum atomic E-state index is -0.636. The quantitative estimate of drug-likeness (QED) is 0.723. The van der Waals surface area contributed by atoms with Gasteiger partial charge in [-0.25, -0.2) is 4.79 Å². The first-order valence-electron chi connectivity index (χ1n) is 6.78. The summed E-state index contributed by atoms with van der Waals surface area (Å²) in [6, 6.07) is 5.03. The Bertz CT molecular complexity index is 548. The van der Waals surface area contributed by atoms with Crippen LogP contribution < -0.4 is 10.1 Å². The summed E-state index contributed by atoms with van der Waals surface area (Å²) in [4.78, 5) is 23.2. The lowest BCUT2D eigenvalue weighted by Gasteiger charge is -2.24. The fraction of sp³-hybridized carbons (Fsp3) is 0.467. The molecule has 0 aliphatic carbocycles. The number of ether oxygens (including phenoxy) is 2. The molecule has 0 aliphatic heterocycles. The van der Waals surface area contributed by atoms with Crippen molar-refractivity contribution in [3.63, 3.8) is 0 Å². The van der Waals surface area contributed by atoms with Gasteiger partial charge in [0.2, 0.25) is 0 Å². The normalized spacial score (nSPS) is 11.0. The summed E-state index contributed by atoms with van der Waals surface area (Å²) in [7, 11) is 0. The van der Waals surface area contributed by atoms with Crippen molar-refractivity contribution in [2.75, 3.05) is 13.2 Å². The number of amides is 1. The highest BCUT2D eigenvalue weighted by Crippen LogP contribution is 2.27. The fourth-order valence-electron chi connectivity index (χ4n) is 1.42. The van der Waals surface area contributed by atoms with Gasteiger partial charge in [-0.05, 0) is 38.5 Å². The Morgan fingerprint density at radius 1 is 1.32 bits per heavy atom. The molecule has 0 atom stereocenters. The summed E-state index contributed by atoms with van der Waals surface area (Å²) >= 11 is 9.23. The topological polar surface area (TPSA) is 64.6 Å². The van der Waals surface area contributed by atoms with Crippen LogP contribution in [-0.4, -0.2) is 30.6 Å². The molecular weight excluding hydrogens is 374 g/mol.